The fourth-order valence-electron chi connectivity index (χ4n) is 4.56. The molecule has 33 heavy (non-hydrogen) atoms. The fraction of sp³-hybridized carbons (Fsp3) is 0.107. The van der Waals surface area contributed by atoms with Gasteiger partial charge in [0, 0.05) is 27.8 Å². The summed E-state index contributed by atoms with van der Waals surface area (Å²) in [7, 11) is 0. The molecule has 5 heteroatoms. The summed E-state index contributed by atoms with van der Waals surface area (Å²) < 4.78 is 6.05. The molecule has 0 amide bonds. The van der Waals surface area contributed by atoms with Gasteiger partial charge in [0.25, 0.3) is 0 Å². The fourth-order valence-corrected chi connectivity index (χ4v) is 4.72. The highest BCUT2D eigenvalue weighted by atomic mass is 35.5. The molecule has 2 aromatic heterocycles. The van der Waals surface area contributed by atoms with E-state index in [2.05, 4.69) is 59.4 Å². The summed E-state index contributed by atoms with van der Waals surface area (Å²) in [4.78, 5) is 13.7. The molecule has 0 bridgehead atoms. The molecule has 1 aliphatic rings. The minimum atomic E-state index is 0.168. The van der Waals surface area contributed by atoms with E-state index in [1.807, 2.05) is 48.5 Å². The number of rotatable bonds is 3. The Morgan fingerprint density at radius 1 is 0.758 bits per heavy atom. The number of halogens is 1. The first-order valence-corrected chi connectivity index (χ1v) is 11.3. The molecule has 0 fully saturated rings. The smallest absolute Gasteiger partial charge is 0.226 e. The number of para-hydroxylation sites is 1. The lowest BCUT2D eigenvalue weighted by atomic mass is 9.82. The van der Waals surface area contributed by atoms with Crippen LogP contribution in [0.15, 0.2) is 95.5 Å². The summed E-state index contributed by atoms with van der Waals surface area (Å²) in [5.41, 5.74) is 4.62. The molecule has 2 heterocycles. The highest BCUT2D eigenvalue weighted by Gasteiger charge is 2.22. The van der Waals surface area contributed by atoms with Crippen molar-refractivity contribution in [1.82, 2.24) is 15.0 Å². The predicted molar refractivity (Wildman–Crippen MR) is 133 cm³/mol. The molecular formula is C28H20ClN3O. The Bertz CT molecular complexity index is 1570. The Hall–Kier alpha value is -3.76. The molecule has 6 rings (SSSR count). The Labute approximate surface area is 196 Å². The third-order valence-electron chi connectivity index (χ3n) is 6.22. The Balaban J connectivity index is 1.47. The molecule has 0 radical (unpaired) electrons. The number of furan rings is 1. The van der Waals surface area contributed by atoms with Crippen molar-refractivity contribution < 1.29 is 4.42 Å². The predicted octanol–water partition coefficient (Wildman–Crippen LogP) is 7.60. The minimum Gasteiger partial charge on any atom is -0.456 e. The number of aromatic nitrogens is 3. The van der Waals surface area contributed by atoms with E-state index < -0.39 is 0 Å². The SMILES string of the molecule is CC1C=CC=CC1c1ccccc1-c1nc(Cl)nc(-c2ccc3c(c2)oc2ccccc23)n1. The lowest BCUT2D eigenvalue weighted by molar-refractivity contribution is 0.636. The van der Waals surface area contributed by atoms with Crippen molar-refractivity contribution in [3.05, 3.63) is 102 Å². The Kier molecular flexibility index (Phi) is 4.81. The first-order chi connectivity index (χ1) is 16.2. The van der Waals surface area contributed by atoms with Gasteiger partial charge in [0.15, 0.2) is 11.6 Å². The van der Waals surface area contributed by atoms with Crippen LogP contribution in [-0.2, 0) is 0 Å². The first-order valence-electron chi connectivity index (χ1n) is 10.9. The van der Waals surface area contributed by atoms with Gasteiger partial charge in [0.05, 0.1) is 0 Å². The zero-order valence-electron chi connectivity index (χ0n) is 17.9. The molecule has 0 N–H and O–H groups in total. The van der Waals surface area contributed by atoms with Gasteiger partial charge in [-0.15, -0.1) is 0 Å². The number of benzene rings is 3. The molecular weight excluding hydrogens is 430 g/mol. The summed E-state index contributed by atoms with van der Waals surface area (Å²) in [6.07, 6.45) is 8.63. The van der Waals surface area contributed by atoms with Gasteiger partial charge in [0.1, 0.15) is 11.2 Å². The number of nitrogens with zero attached hydrogens (tertiary/aromatic N) is 3. The maximum atomic E-state index is 6.39. The highest BCUT2D eigenvalue weighted by molar-refractivity contribution is 6.28. The van der Waals surface area contributed by atoms with Crippen molar-refractivity contribution >= 4 is 33.5 Å². The van der Waals surface area contributed by atoms with E-state index in [-0.39, 0.29) is 11.2 Å². The zero-order chi connectivity index (χ0) is 22.4. The van der Waals surface area contributed by atoms with Gasteiger partial charge in [-0.3, -0.25) is 0 Å². The van der Waals surface area contributed by atoms with Gasteiger partial charge >= 0.3 is 0 Å². The molecule has 2 unspecified atom stereocenters. The van der Waals surface area contributed by atoms with Crippen LogP contribution in [0.25, 0.3) is 44.7 Å². The molecule has 5 aromatic rings. The van der Waals surface area contributed by atoms with Gasteiger partial charge in [0.2, 0.25) is 5.28 Å². The van der Waals surface area contributed by atoms with Crippen molar-refractivity contribution in [2.24, 2.45) is 5.92 Å². The van der Waals surface area contributed by atoms with Crippen LogP contribution in [0.2, 0.25) is 5.28 Å². The van der Waals surface area contributed by atoms with Crippen LogP contribution in [0.5, 0.6) is 0 Å². The van der Waals surface area contributed by atoms with E-state index in [1.165, 1.54) is 5.56 Å². The largest absolute Gasteiger partial charge is 0.456 e. The first kappa shape index (κ1) is 19.9. The molecule has 160 valence electrons. The van der Waals surface area contributed by atoms with Gasteiger partial charge in [-0.2, -0.15) is 9.97 Å². The molecule has 3 aromatic carbocycles. The molecule has 0 spiro atoms. The van der Waals surface area contributed by atoms with Crippen LogP contribution in [0.3, 0.4) is 0 Å². The van der Waals surface area contributed by atoms with Crippen molar-refractivity contribution in [3.8, 4) is 22.8 Å². The van der Waals surface area contributed by atoms with E-state index >= 15 is 0 Å². The normalized spacial score (nSPS) is 17.8. The number of fused-ring (bicyclic) bond motifs is 3. The van der Waals surface area contributed by atoms with Crippen molar-refractivity contribution in [2.45, 2.75) is 12.8 Å². The molecule has 0 saturated carbocycles. The summed E-state index contributed by atoms with van der Waals surface area (Å²) in [6, 6.07) is 22.3. The second-order valence-electron chi connectivity index (χ2n) is 8.30. The summed E-state index contributed by atoms with van der Waals surface area (Å²) in [5.74, 6) is 1.72. The van der Waals surface area contributed by atoms with E-state index in [1.54, 1.807) is 0 Å². The summed E-state index contributed by atoms with van der Waals surface area (Å²) in [5, 5.41) is 2.32. The topological polar surface area (TPSA) is 51.8 Å². The monoisotopic (exact) mass is 449 g/mol. The van der Waals surface area contributed by atoms with Gasteiger partial charge in [-0.25, -0.2) is 4.98 Å². The second-order valence-corrected chi connectivity index (χ2v) is 8.64. The molecule has 4 nitrogen and oxygen atoms in total. The minimum absolute atomic E-state index is 0.168. The van der Waals surface area contributed by atoms with E-state index in [4.69, 9.17) is 21.0 Å². The lowest BCUT2D eigenvalue weighted by Gasteiger charge is -2.23. The molecule has 2 atom stereocenters. The molecule has 1 aliphatic carbocycles. The van der Waals surface area contributed by atoms with E-state index in [0.717, 1.165) is 33.1 Å². The Morgan fingerprint density at radius 3 is 2.42 bits per heavy atom. The van der Waals surface area contributed by atoms with Crippen LogP contribution in [0.1, 0.15) is 18.4 Å². The Morgan fingerprint density at radius 2 is 1.52 bits per heavy atom. The maximum Gasteiger partial charge on any atom is 0.226 e. The number of allylic oxidation sites excluding steroid dienone is 4. The lowest BCUT2D eigenvalue weighted by Crippen LogP contribution is -2.09. The maximum absolute atomic E-state index is 6.39. The number of hydrogen-bond acceptors (Lipinski definition) is 4. The zero-order valence-corrected chi connectivity index (χ0v) is 18.7. The average Bonchev–Trinajstić information content (AvgIpc) is 3.22. The van der Waals surface area contributed by atoms with Gasteiger partial charge in [-0.1, -0.05) is 79.8 Å². The van der Waals surface area contributed by atoms with E-state index in [9.17, 15) is 0 Å². The summed E-state index contributed by atoms with van der Waals surface area (Å²) in [6.45, 7) is 2.22. The average molecular weight is 450 g/mol. The van der Waals surface area contributed by atoms with E-state index in [0.29, 0.717) is 17.6 Å². The van der Waals surface area contributed by atoms with Gasteiger partial charge in [-0.05, 0) is 41.3 Å². The molecule has 0 aliphatic heterocycles. The molecule has 0 saturated heterocycles. The standard InChI is InChI=1S/C28H20ClN3O/c1-17-8-2-3-9-19(17)20-10-4-5-12-23(20)27-30-26(31-28(29)32-27)18-14-15-22-21-11-6-7-13-24(21)33-25(22)16-18/h2-17,19H,1H3. The third kappa shape index (κ3) is 3.53. The van der Waals surface area contributed by atoms with Crippen molar-refractivity contribution in [2.75, 3.05) is 0 Å². The van der Waals surface area contributed by atoms with Crippen molar-refractivity contribution in [1.29, 1.82) is 0 Å². The quantitative estimate of drug-likeness (QED) is 0.284. The third-order valence-corrected chi connectivity index (χ3v) is 6.39. The highest BCUT2D eigenvalue weighted by Crippen LogP contribution is 2.36. The van der Waals surface area contributed by atoms with Crippen molar-refractivity contribution in [3.63, 3.8) is 0 Å². The number of hydrogen-bond donors (Lipinski definition) is 0. The van der Waals surface area contributed by atoms with Crippen LogP contribution in [0.4, 0.5) is 0 Å². The van der Waals surface area contributed by atoms with Crippen LogP contribution in [0, 0.1) is 5.92 Å². The van der Waals surface area contributed by atoms with Gasteiger partial charge < -0.3 is 4.42 Å². The van der Waals surface area contributed by atoms with Crippen LogP contribution in [-0.4, -0.2) is 15.0 Å². The van der Waals surface area contributed by atoms with Crippen LogP contribution < -0.4 is 0 Å². The summed E-state index contributed by atoms with van der Waals surface area (Å²) >= 11 is 6.39. The second kappa shape index (κ2) is 7.98. The van der Waals surface area contributed by atoms with Crippen LogP contribution >= 0.6 is 11.6 Å².